The Hall–Kier alpha value is -3.26. The van der Waals surface area contributed by atoms with Gasteiger partial charge < -0.3 is 5.32 Å². The molecule has 28 heavy (non-hydrogen) atoms. The molecule has 1 atom stereocenters. The number of carbonyl (C=O) groups excluding carboxylic acids is 4. The van der Waals surface area contributed by atoms with Gasteiger partial charge in [-0.3, -0.25) is 34.4 Å². The summed E-state index contributed by atoms with van der Waals surface area (Å²) in [6, 6.07) is 9.49. The van der Waals surface area contributed by atoms with Gasteiger partial charge in [0.2, 0.25) is 11.8 Å². The summed E-state index contributed by atoms with van der Waals surface area (Å²) < 4.78 is 0. The van der Waals surface area contributed by atoms with Crippen LogP contribution >= 0.6 is 12.4 Å². The summed E-state index contributed by atoms with van der Waals surface area (Å²) in [5.74, 6) is -2.08. The smallest absolute Gasteiger partial charge is 0.264 e. The first kappa shape index (κ1) is 19.5. The lowest BCUT2D eigenvalue weighted by molar-refractivity contribution is -0.136. The van der Waals surface area contributed by atoms with Crippen LogP contribution in [0, 0.1) is 0 Å². The minimum Gasteiger partial charge on any atom is -0.379 e. The highest BCUT2D eigenvalue weighted by Crippen LogP contribution is 2.32. The molecule has 0 spiro atoms. The van der Waals surface area contributed by atoms with E-state index in [0.717, 1.165) is 10.6 Å². The molecule has 0 bridgehead atoms. The average molecular weight is 401 g/mol. The van der Waals surface area contributed by atoms with Crippen molar-refractivity contribution in [2.45, 2.75) is 25.4 Å². The van der Waals surface area contributed by atoms with Crippen molar-refractivity contribution < 1.29 is 19.2 Å². The van der Waals surface area contributed by atoms with E-state index in [9.17, 15) is 19.2 Å². The number of anilines is 1. The Morgan fingerprint density at radius 2 is 1.89 bits per heavy atom. The van der Waals surface area contributed by atoms with Crippen molar-refractivity contribution in [3.8, 4) is 0 Å². The van der Waals surface area contributed by atoms with Crippen LogP contribution in [0.5, 0.6) is 0 Å². The fourth-order valence-corrected chi connectivity index (χ4v) is 3.35. The van der Waals surface area contributed by atoms with E-state index < -0.39 is 29.7 Å². The number of aromatic nitrogens is 1. The fourth-order valence-electron chi connectivity index (χ4n) is 3.35. The first-order valence-electron chi connectivity index (χ1n) is 8.54. The molecule has 2 aliphatic heterocycles. The third-order valence-corrected chi connectivity index (χ3v) is 4.65. The molecule has 1 fully saturated rings. The van der Waals surface area contributed by atoms with Gasteiger partial charge in [-0.15, -0.1) is 12.4 Å². The van der Waals surface area contributed by atoms with Crippen LogP contribution in [0.4, 0.5) is 5.69 Å². The van der Waals surface area contributed by atoms with E-state index in [-0.39, 0.29) is 36.4 Å². The van der Waals surface area contributed by atoms with Crippen LogP contribution in [-0.2, 0) is 16.1 Å². The molecular formula is C19H17ClN4O4. The Balaban J connectivity index is 0.00000225. The quantitative estimate of drug-likeness (QED) is 0.753. The zero-order valence-electron chi connectivity index (χ0n) is 14.7. The first-order valence-corrected chi connectivity index (χ1v) is 8.54. The number of amides is 4. The number of rotatable bonds is 4. The maximum Gasteiger partial charge on any atom is 0.264 e. The molecule has 3 heterocycles. The maximum absolute atomic E-state index is 13.0. The normalized spacial score (nSPS) is 18.4. The predicted octanol–water partition coefficient (Wildman–Crippen LogP) is 1.52. The van der Waals surface area contributed by atoms with Crippen molar-refractivity contribution in [2.24, 2.45) is 0 Å². The van der Waals surface area contributed by atoms with Gasteiger partial charge in [0.25, 0.3) is 11.8 Å². The third kappa shape index (κ3) is 3.34. The second kappa shape index (κ2) is 7.77. The molecule has 2 aromatic rings. The molecule has 1 saturated heterocycles. The zero-order valence-corrected chi connectivity index (χ0v) is 15.5. The first-order chi connectivity index (χ1) is 13.1. The Bertz CT molecular complexity index is 964. The Morgan fingerprint density at radius 3 is 2.61 bits per heavy atom. The Morgan fingerprint density at radius 1 is 1.07 bits per heavy atom. The number of nitrogens with zero attached hydrogens (tertiary/aromatic N) is 2. The molecule has 2 aliphatic rings. The fraction of sp³-hybridized carbons (Fsp3) is 0.211. The van der Waals surface area contributed by atoms with Crippen molar-refractivity contribution in [3.63, 3.8) is 0 Å². The number of hydrogen-bond donors (Lipinski definition) is 2. The standard InChI is InChI=1S/C19H16N4O4.ClH/c24-15-8-7-14(17(25)22-15)23-18(26)12-5-3-6-13(16(12)19(23)27)21-10-11-4-1-2-9-20-11;/h1-6,9,14,21H,7-8,10H2,(H,22,24,25);1H. The number of halogens is 1. The molecule has 0 saturated carbocycles. The van der Waals surface area contributed by atoms with Gasteiger partial charge in [-0.2, -0.15) is 0 Å². The van der Waals surface area contributed by atoms with Crippen LogP contribution in [0.3, 0.4) is 0 Å². The average Bonchev–Trinajstić information content (AvgIpc) is 2.93. The second-order valence-corrected chi connectivity index (χ2v) is 6.35. The van der Waals surface area contributed by atoms with E-state index >= 15 is 0 Å². The summed E-state index contributed by atoms with van der Waals surface area (Å²) in [4.78, 5) is 54.4. The van der Waals surface area contributed by atoms with Gasteiger partial charge in [0.1, 0.15) is 6.04 Å². The van der Waals surface area contributed by atoms with E-state index in [0.29, 0.717) is 12.2 Å². The third-order valence-electron chi connectivity index (χ3n) is 4.65. The van der Waals surface area contributed by atoms with Gasteiger partial charge in [0.15, 0.2) is 0 Å². The van der Waals surface area contributed by atoms with E-state index in [1.165, 1.54) is 0 Å². The van der Waals surface area contributed by atoms with Crippen molar-refractivity contribution in [2.75, 3.05) is 5.32 Å². The van der Waals surface area contributed by atoms with Gasteiger partial charge in [-0.05, 0) is 30.7 Å². The van der Waals surface area contributed by atoms with Gasteiger partial charge in [0, 0.05) is 18.3 Å². The van der Waals surface area contributed by atoms with Crippen LogP contribution in [0.15, 0.2) is 42.6 Å². The predicted molar refractivity (Wildman–Crippen MR) is 102 cm³/mol. The highest BCUT2D eigenvalue weighted by molar-refractivity contribution is 6.25. The van der Waals surface area contributed by atoms with Gasteiger partial charge in [-0.1, -0.05) is 12.1 Å². The summed E-state index contributed by atoms with van der Waals surface area (Å²) in [6.07, 6.45) is 1.90. The largest absolute Gasteiger partial charge is 0.379 e. The Kier molecular flexibility index (Phi) is 5.41. The second-order valence-electron chi connectivity index (χ2n) is 6.35. The number of carbonyl (C=O) groups is 4. The minimum atomic E-state index is -0.973. The molecule has 1 aromatic carbocycles. The molecule has 8 nitrogen and oxygen atoms in total. The van der Waals surface area contributed by atoms with E-state index in [1.54, 1.807) is 24.4 Å². The number of piperidine rings is 1. The SMILES string of the molecule is Cl.O=C1CCC(N2C(=O)c3cccc(NCc4ccccn4)c3C2=O)C(=O)N1. The molecule has 2 N–H and O–H groups in total. The molecule has 144 valence electrons. The number of pyridine rings is 1. The lowest BCUT2D eigenvalue weighted by Crippen LogP contribution is -2.54. The number of imide groups is 2. The molecule has 0 aliphatic carbocycles. The molecule has 4 rings (SSSR count). The number of nitrogens with one attached hydrogen (secondary N) is 2. The molecule has 1 aromatic heterocycles. The van der Waals surface area contributed by atoms with Gasteiger partial charge in [-0.25, -0.2) is 0 Å². The summed E-state index contributed by atoms with van der Waals surface area (Å²) in [7, 11) is 0. The van der Waals surface area contributed by atoms with Crippen molar-refractivity contribution in [1.29, 1.82) is 0 Å². The minimum absolute atomic E-state index is 0. The summed E-state index contributed by atoms with van der Waals surface area (Å²) >= 11 is 0. The van der Waals surface area contributed by atoms with Crippen molar-refractivity contribution in [1.82, 2.24) is 15.2 Å². The summed E-state index contributed by atoms with van der Waals surface area (Å²) in [5.41, 5.74) is 1.78. The van der Waals surface area contributed by atoms with Gasteiger partial charge >= 0.3 is 0 Å². The maximum atomic E-state index is 13.0. The van der Waals surface area contributed by atoms with Crippen LogP contribution in [0.2, 0.25) is 0 Å². The lowest BCUT2D eigenvalue weighted by atomic mass is 10.0. The molecule has 0 radical (unpaired) electrons. The molecular weight excluding hydrogens is 384 g/mol. The lowest BCUT2D eigenvalue weighted by Gasteiger charge is -2.27. The van der Waals surface area contributed by atoms with Crippen LogP contribution in [0.1, 0.15) is 39.3 Å². The summed E-state index contributed by atoms with van der Waals surface area (Å²) in [5, 5.41) is 5.32. The van der Waals surface area contributed by atoms with Crippen molar-refractivity contribution in [3.05, 3.63) is 59.4 Å². The topological polar surface area (TPSA) is 108 Å². The van der Waals surface area contributed by atoms with Crippen molar-refractivity contribution >= 4 is 41.7 Å². The van der Waals surface area contributed by atoms with Crippen LogP contribution < -0.4 is 10.6 Å². The summed E-state index contributed by atoms with van der Waals surface area (Å²) in [6.45, 7) is 0.386. The van der Waals surface area contributed by atoms with Crippen LogP contribution in [-0.4, -0.2) is 39.6 Å². The number of hydrogen-bond acceptors (Lipinski definition) is 6. The van der Waals surface area contributed by atoms with Crippen LogP contribution in [0.25, 0.3) is 0 Å². The molecule has 1 unspecified atom stereocenters. The monoisotopic (exact) mass is 400 g/mol. The Labute approximate surface area is 166 Å². The molecule has 9 heteroatoms. The van der Waals surface area contributed by atoms with E-state index in [4.69, 9.17) is 0 Å². The van der Waals surface area contributed by atoms with E-state index in [1.807, 2.05) is 18.2 Å². The highest BCUT2D eigenvalue weighted by atomic mass is 35.5. The zero-order chi connectivity index (χ0) is 19.0. The number of benzene rings is 1. The van der Waals surface area contributed by atoms with Gasteiger partial charge in [0.05, 0.1) is 23.4 Å². The van der Waals surface area contributed by atoms with E-state index in [2.05, 4.69) is 15.6 Å². The number of fused-ring (bicyclic) bond motifs is 1. The molecule has 4 amide bonds. The highest BCUT2D eigenvalue weighted by Gasteiger charge is 2.45.